The second kappa shape index (κ2) is 12.7. The molecule has 4 rings (SSSR count). The van der Waals surface area contributed by atoms with Gasteiger partial charge >= 0.3 is 213 Å². The average molecular weight is 705 g/mol. The second-order valence-corrected chi connectivity index (χ2v) is 36.8. The first-order chi connectivity index (χ1) is 15.7. The Labute approximate surface area is 235 Å². The van der Waals surface area contributed by atoms with Gasteiger partial charge in [-0.05, 0) is 0 Å². The summed E-state index contributed by atoms with van der Waals surface area (Å²) in [4.78, 5) is 0. The third-order valence-corrected chi connectivity index (χ3v) is 39.7. The maximum atomic E-state index is 2.54. The minimum absolute atomic E-state index is 0. The summed E-state index contributed by atoms with van der Waals surface area (Å²) in [6.45, 7) is 17.3. The SMILES string of the molecule is CC1=C(C)C(C)[C]([Hf+2]([C]2=C(C[Si](C)(C)C)C=CC2)[SiH](c2ccccc2)c2ccccc2)=C1C.[Cl-].[Cl-]. The Hall–Kier alpha value is -0.716. The largest absolute Gasteiger partial charge is 1.00 e. The molecule has 35 heavy (non-hydrogen) atoms. The van der Waals surface area contributed by atoms with Crippen LogP contribution in [0.2, 0.25) is 25.7 Å². The summed E-state index contributed by atoms with van der Waals surface area (Å²) in [7, 11) is -1.19. The molecule has 0 saturated heterocycles. The van der Waals surface area contributed by atoms with Crippen molar-refractivity contribution in [3.63, 3.8) is 0 Å². The molecule has 0 nitrogen and oxygen atoms in total. The van der Waals surface area contributed by atoms with Crippen LogP contribution >= 0.6 is 0 Å². The van der Waals surface area contributed by atoms with E-state index < -0.39 is 34.7 Å². The van der Waals surface area contributed by atoms with Crippen molar-refractivity contribution in [3.05, 3.63) is 102 Å². The summed E-state index contributed by atoms with van der Waals surface area (Å²) in [5, 5.41) is 3.32. The van der Waals surface area contributed by atoms with Gasteiger partial charge in [0.1, 0.15) is 0 Å². The smallest absolute Gasteiger partial charge is 1.00 e. The monoisotopic (exact) mass is 705 g/mol. The number of allylic oxidation sites excluding steroid dienone is 8. The van der Waals surface area contributed by atoms with Crippen molar-refractivity contribution in [2.24, 2.45) is 5.92 Å². The van der Waals surface area contributed by atoms with Gasteiger partial charge in [0.15, 0.2) is 0 Å². The molecule has 1 atom stereocenters. The predicted molar refractivity (Wildman–Crippen MR) is 148 cm³/mol. The molecule has 5 heteroatoms. The van der Waals surface area contributed by atoms with Crippen LogP contribution in [0, 0.1) is 5.92 Å². The Bertz CT molecular complexity index is 1100. The summed E-state index contributed by atoms with van der Waals surface area (Å²) < 4.78 is 3.86. The van der Waals surface area contributed by atoms with Crippen LogP contribution in [0.4, 0.5) is 0 Å². The van der Waals surface area contributed by atoms with Crippen LogP contribution in [-0.4, -0.2) is 14.1 Å². The van der Waals surface area contributed by atoms with Crippen molar-refractivity contribution in [3.8, 4) is 0 Å². The molecule has 0 aromatic heterocycles. The van der Waals surface area contributed by atoms with Gasteiger partial charge in [0, 0.05) is 0 Å². The molecule has 0 amide bonds. The van der Waals surface area contributed by atoms with Crippen molar-refractivity contribution >= 4 is 24.4 Å². The van der Waals surface area contributed by atoms with Gasteiger partial charge in [-0.2, -0.15) is 0 Å². The Morgan fingerprint density at radius 1 is 0.829 bits per heavy atom. The van der Waals surface area contributed by atoms with Crippen LogP contribution in [0.15, 0.2) is 102 Å². The molecule has 0 N–H and O–H groups in total. The molecule has 2 aromatic rings. The fourth-order valence-electron chi connectivity index (χ4n) is 5.68. The van der Waals surface area contributed by atoms with E-state index in [0.29, 0.717) is 5.92 Å². The van der Waals surface area contributed by atoms with E-state index in [0.717, 1.165) is 0 Å². The molecule has 0 heterocycles. The summed E-state index contributed by atoms with van der Waals surface area (Å²) >= 11 is -2.47. The normalized spacial score (nSPS) is 17.8. The third kappa shape index (κ3) is 6.59. The van der Waals surface area contributed by atoms with Gasteiger partial charge in [-0.3, -0.25) is 0 Å². The second-order valence-electron chi connectivity index (χ2n) is 11.1. The van der Waals surface area contributed by atoms with E-state index in [1.807, 2.05) is 6.66 Å². The Morgan fingerprint density at radius 2 is 1.34 bits per heavy atom. The fraction of sp³-hybridized carbons (Fsp3) is 0.333. The quantitative estimate of drug-likeness (QED) is 0.378. The zero-order valence-corrected chi connectivity index (χ0v) is 29.5. The van der Waals surface area contributed by atoms with Crippen molar-refractivity contribution in [1.29, 1.82) is 0 Å². The topological polar surface area (TPSA) is 0 Å². The van der Waals surface area contributed by atoms with Crippen LogP contribution in [0.5, 0.6) is 0 Å². The van der Waals surface area contributed by atoms with Crippen LogP contribution in [-0.2, 0) is 20.6 Å². The maximum absolute atomic E-state index is 2.54. The van der Waals surface area contributed by atoms with Crippen molar-refractivity contribution in [2.75, 3.05) is 0 Å². The summed E-state index contributed by atoms with van der Waals surface area (Å²) in [6.07, 6.45) is 6.24. The van der Waals surface area contributed by atoms with Gasteiger partial charge in [0.2, 0.25) is 0 Å². The third-order valence-electron chi connectivity index (χ3n) is 7.56. The molecule has 0 radical (unpaired) electrons. The van der Waals surface area contributed by atoms with E-state index in [9.17, 15) is 0 Å². The zero-order valence-electron chi connectivity index (χ0n) is 22.3. The van der Waals surface area contributed by atoms with Gasteiger partial charge in [0.05, 0.1) is 0 Å². The molecular weight excluding hydrogens is 666 g/mol. The van der Waals surface area contributed by atoms with Crippen LogP contribution in [0.25, 0.3) is 0 Å². The molecule has 0 aliphatic heterocycles. The summed E-state index contributed by atoms with van der Waals surface area (Å²) in [5.74, 6) is -0.742. The molecule has 0 bridgehead atoms. The Kier molecular flexibility index (Phi) is 11.1. The standard InChI is InChI=1S/C12H11Si.C9H15Si.C9H13.2ClH.Hf/c1-3-7-11(8-4-1)13-12-9-5-2-6-10-12;1-10(2,3)8-9-6-4-5-7-9;1-6-5-7(2)9(4)8(6)3;;;/h1-10,13H;4,6H,5,8H2,1-3H3;6H,1-4H3;2*1H;/q;;;;;+2/p-2. The van der Waals surface area contributed by atoms with Gasteiger partial charge in [0.25, 0.3) is 0 Å². The van der Waals surface area contributed by atoms with Crippen molar-refractivity contribution in [1.82, 2.24) is 0 Å². The van der Waals surface area contributed by atoms with Gasteiger partial charge in [-0.25, -0.2) is 0 Å². The molecule has 1 unspecified atom stereocenters. The first-order valence-corrected chi connectivity index (χ1v) is 27.7. The van der Waals surface area contributed by atoms with E-state index in [1.165, 1.54) is 12.5 Å². The average Bonchev–Trinajstić information content (AvgIpc) is 3.31. The Balaban J connectivity index is 0.00000216. The molecular formula is C30H39Cl2HfSi2. The predicted octanol–water partition coefficient (Wildman–Crippen LogP) is 0.963. The molecule has 2 aliphatic rings. The van der Waals surface area contributed by atoms with Crippen molar-refractivity contribution < 1.29 is 45.4 Å². The van der Waals surface area contributed by atoms with E-state index in [2.05, 4.69) is 120 Å². The van der Waals surface area contributed by atoms with Crippen LogP contribution in [0.3, 0.4) is 0 Å². The molecule has 0 saturated carbocycles. The minimum Gasteiger partial charge on any atom is -1.00 e. The van der Waals surface area contributed by atoms with Crippen LogP contribution in [0.1, 0.15) is 34.1 Å². The molecule has 2 aliphatic carbocycles. The maximum Gasteiger partial charge on any atom is -1.00 e. The minimum atomic E-state index is -2.47. The van der Waals surface area contributed by atoms with E-state index in [-0.39, 0.29) is 24.8 Å². The summed E-state index contributed by atoms with van der Waals surface area (Å²) in [5.41, 5.74) is 6.60. The Morgan fingerprint density at radius 3 is 1.77 bits per heavy atom. The number of rotatable bonds is 7. The van der Waals surface area contributed by atoms with E-state index in [4.69, 9.17) is 0 Å². The van der Waals surface area contributed by atoms with E-state index >= 15 is 0 Å². The molecule has 0 spiro atoms. The van der Waals surface area contributed by atoms with Crippen molar-refractivity contribution in [2.45, 2.75) is 59.8 Å². The van der Waals surface area contributed by atoms with Gasteiger partial charge in [-0.15, -0.1) is 0 Å². The molecule has 185 valence electrons. The number of hydrogen-bond acceptors (Lipinski definition) is 0. The first kappa shape index (κ1) is 30.5. The number of halogens is 2. The molecule has 2 aromatic carbocycles. The number of hydrogen-bond donors (Lipinski definition) is 0. The van der Waals surface area contributed by atoms with Crippen LogP contribution < -0.4 is 35.2 Å². The first-order valence-electron chi connectivity index (χ1n) is 12.4. The van der Waals surface area contributed by atoms with E-state index in [1.54, 1.807) is 32.7 Å². The molecule has 0 fully saturated rings. The summed E-state index contributed by atoms with van der Waals surface area (Å²) in [6, 6.07) is 24.7. The zero-order chi connectivity index (χ0) is 23.8. The fourth-order valence-corrected chi connectivity index (χ4v) is 44.3. The number of benzene rings is 2. The van der Waals surface area contributed by atoms with Gasteiger partial charge in [-0.1, -0.05) is 0 Å². The van der Waals surface area contributed by atoms with Gasteiger partial charge < -0.3 is 24.8 Å².